The van der Waals surface area contributed by atoms with Crippen LogP contribution < -0.4 is 20.0 Å². The van der Waals surface area contributed by atoms with Gasteiger partial charge < -0.3 is 14.5 Å². The third-order valence-electron chi connectivity index (χ3n) is 5.07. The summed E-state index contributed by atoms with van der Waals surface area (Å²) in [6, 6.07) is 16.4. The van der Waals surface area contributed by atoms with E-state index in [2.05, 4.69) is 35.2 Å². The average molecular weight is 367 g/mol. The minimum atomic E-state index is 0.115. The second kappa shape index (κ2) is 7.48. The zero-order valence-corrected chi connectivity index (χ0v) is 15.7. The maximum absolute atomic E-state index is 13.0. The van der Waals surface area contributed by atoms with Gasteiger partial charge in [0.05, 0.1) is 39.0 Å². The Kier molecular flexibility index (Phi) is 4.91. The van der Waals surface area contributed by atoms with Crippen molar-refractivity contribution in [2.75, 3.05) is 38.2 Å². The standard InChI is InChI=1S/C21H22N2O2S/c1-25-17-7-8-20-18(13-17)21(24)19(15-26-20)23-11-9-22(10-12-23)14-16-5-3-2-4-6-16/h2-8,13,15H,9-12,14H2,1H3/p+1. The van der Waals surface area contributed by atoms with Crippen LogP contribution in [0.15, 0.2) is 58.7 Å². The van der Waals surface area contributed by atoms with Crippen molar-refractivity contribution in [1.82, 2.24) is 0 Å². The van der Waals surface area contributed by atoms with Crippen molar-refractivity contribution < 1.29 is 9.64 Å². The topological polar surface area (TPSA) is 34.0 Å². The Morgan fingerprint density at radius 3 is 2.62 bits per heavy atom. The molecule has 0 atom stereocenters. The van der Waals surface area contributed by atoms with Crippen molar-refractivity contribution in [3.63, 3.8) is 0 Å². The molecule has 4 nitrogen and oxygen atoms in total. The quantitative estimate of drug-likeness (QED) is 0.767. The van der Waals surface area contributed by atoms with Gasteiger partial charge in [0.25, 0.3) is 0 Å². The molecular formula is C21H23N2O2S+. The van der Waals surface area contributed by atoms with E-state index in [9.17, 15) is 4.79 Å². The van der Waals surface area contributed by atoms with E-state index < -0.39 is 0 Å². The summed E-state index contributed by atoms with van der Waals surface area (Å²) in [7, 11) is 1.63. The largest absolute Gasteiger partial charge is 0.497 e. The lowest BCUT2D eigenvalue weighted by molar-refractivity contribution is -0.914. The Labute approximate surface area is 157 Å². The van der Waals surface area contributed by atoms with Crippen LogP contribution in [0.1, 0.15) is 5.56 Å². The number of hydrogen-bond donors (Lipinski definition) is 1. The normalized spacial score (nSPS) is 15.3. The van der Waals surface area contributed by atoms with E-state index in [0.29, 0.717) is 0 Å². The van der Waals surface area contributed by atoms with Crippen LogP contribution in [0.4, 0.5) is 5.69 Å². The van der Waals surface area contributed by atoms with Crippen LogP contribution in [-0.4, -0.2) is 33.3 Å². The first-order chi connectivity index (χ1) is 12.7. The number of nitrogens with zero attached hydrogens (tertiary/aromatic N) is 1. The molecule has 134 valence electrons. The summed E-state index contributed by atoms with van der Waals surface area (Å²) in [5, 5.41) is 2.77. The summed E-state index contributed by atoms with van der Waals surface area (Å²) < 4.78 is 6.29. The maximum Gasteiger partial charge on any atom is 0.211 e. The number of rotatable bonds is 4. The summed E-state index contributed by atoms with van der Waals surface area (Å²) >= 11 is 1.63. The van der Waals surface area contributed by atoms with Gasteiger partial charge in [-0.05, 0) is 18.2 Å². The van der Waals surface area contributed by atoms with Gasteiger partial charge in [0.15, 0.2) is 0 Å². The molecule has 4 rings (SSSR count). The lowest BCUT2D eigenvalue weighted by atomic mass is 10.2. The predicted molar refractivity (Wildman–Crippen MR) is 108 cm³/mol. The minimum absolute atomic E-state index is 0.115. The number of fused-ring (bicyclic) bond motifs is 1. The highest BCUT2D eigenvalue weighted by Gasteiger charge is 2.22. The van der Waals surface area contributed by atoms with Gasteiger partial charge in [0.2, 0.25) is 5.43 Å². The molecule has 0 saturated carbocycles. The molecular weight excluding hydrogens is 344 g/mol. The number of benzene rings is 2. The SMILES string of the molecule is COc1ccc2scc(N3CC[NH+](Cc4ccccc4)CC3)c(=O)c2c1. The molecule has 0 bridgehead atoms. The van der Waals surface area contributed by atoms with Crippen molar-refractivity contribution >= 4 is 27.1 Å². The minimum Gasteiger partial charge on any atom is -0.497 e. The molecule has 26 heavy (non-hydrogen) atoms. The number of nitrogens with one attached hydrogen (secondary N) is 1. The molecule has 1 fully saturated rings. The smallest absolute Gasteiger partial charge is 0.211 e. The van der Waals surface area contributed by atoms with Gasteiger partial charge in [-0.2, -0.15) is 0 Å². The van der Waals surface area contributed by atoms with E-state index in [-0.39, 0.29) is 5.43 Å². The zero-order chi connectivity index (χ0) is 17.9. The molecule has 1 aliphatic rings. The molecule has 0 spiro atoms. The third-order valence-corrected chi connectivity index (χ3v) is 6.02. The molecule has 5 heteroatoms. The van der Waals surface area contributed by atoms with Crippen LogP contribution in [-0.2, 0) is 6.54 Å². The van der Waals surface area contributed by atoms with E-state index in [1.807, 2.05) is 23.6 Å². The van der Waals surface area contributed by atoms with E-state index in [0.717, 1.165) is 54.2 Å². The molecule has 1 aliphatic heterocycles. The summed E-state index contributed by atoms with van der Waals surface area (Å²) in [5.74, 6) is 0.732. The predicted octanol–water partition coefficient (Wildman–Crippen LogP) is 2.18. The van der Waals surface area contributed by atoms with Crippen molar-refractivity contribution in [3.05, 3.63) is 69.7 Å². The van der Waals surface area contributed by atoms with Gasteiger partial charge in [-0.25, -0.2) is 0 Å². The summed E-state index contributed by atoms with van der Waals surface area (Å²) in [5.41, 5.74) is 2.32. The Hall–Kier alpha value is -2.37. The summed E-state index contributed by atoms with van der Waals surface area (Å²) in [6.07, 6.45) is 0. The van der Waals surface area contributed by atoms with E-state index in [1.165, 1.54) is 5.56 Å². The van der Waals surface area contributed by atoms with Crippen LogP contribution in [0.5, 0.6) is 5.75 Å². The molecule has 1 aromatic heterocycles. The number of hydrogen-bond acceptors (Lipinski definition) is 4. The Morgan fingerprint density at radius 1 is 1.12 bits per heavy atom. The molecule has 2 heterocycles. The van der Waals surface area contributed by atoms with Crippen molar-refractivity contribution in [3.8, 4) is 5.75 Å². The number of ether oxygens (including phenoxy) is 1. The second-order valence-electron chi connectivity index (χ2n) is 6.71. The Balaban J connectivity index is 1.50. The van der Waals surface area contributed by atoms with Gasteiger partial charge in [-0.1, -0.05) is 30.3 Å². The zero-order valence-electron chi connectivity index (χ0n) is 14.9. The highest BCUT2D eigenvalue weighted by molar-refractivity contribution is 7.16. The number of quaternary nitrogens is 1. The van der Waals surface area contributed by atoms with Crippen LogP contribution in [0.25, 0.3) is 10.1 Å². The van der Waals surface area contributed by atoms with Crippen LogP contribution in [0.3, 0.4) is 0 Å². The fourth-order valence-corrected chi connectivity index (χ4v) is 4.49. The number of piperazine rings is 1. The first-order valence-electron chi connectivity index (χ1n) is 8.96. The van der Waals surface area contributed by atoms with Crippen molar-refractivity contribution in [2.24, 2.45) is 0 Å². The van der Waals surface area contributed by atoms with Gasteiger partial charge >= 0.3 is 0 Å². The number of anilines is 1. The highest BCUT2D eigenvalue weighted by Crippen LogP contribution is 2.25. The van der Waals surface area contributed by atoms with Crippen LogP contribution in [0.2, 0.25) is 0 Å². The molecule has 1 N–H and O–H groups in total. The fraction of sp³-hybridized carbons (Fsp3) is 0.286. The molecule has 3 aromatic rings. The van der Waals surface area contributed by atoms with Gasteiger partial charge in [0, 0.05) is 21.0 Å². The molecule has 0 aliphatic carbocycles. The van der Waals surface area contributed by atoms with Crippen LogP contribution >= 0.6 is 11.3 Å². The Bertz CT molecular complexity index is 947. The lowest BCUT2D eigenvalue weighted by Crippen LogP contribution is -3.13. The summed E-state index contributed by atoms with van der Waals surface area (Å²) in [6.45, 7) is 4.99. The average Bonchev–Trinajstić information content (AvgIpc) is 2.70. The first kappa shape index (κ1) is 17.1. The fourth-order valence-electron chi connectivity index (χ4n) is 3.57. The van der Waals surface area contributed by atoms with Gasteiger partial charge in [-0.3, -0.25) is 4.79 Å². The summed E-state index contributed by atoms with van der Waals surface area (Å²) in [4.78, 5) is 16.8. The van der Waals surface area contributed by atoms with Crippen LogP contribution in [0, 0.1) is 0 Å². The molecule has 0 amide bonds. The maximum atomic E-state index is 13.0. The lowest BCUT2D eigenvalue weighted by Gasteiger charge is -2.33. The molecule has 1 saturated heterocycles. The van der Waals surface area contributed by atoms with Crippen molar-refractivity contribution in [1.29, 1.82) is 0 Å². The number of methoxy groups -OCH3 is 1. The highest BCUT2D eigenvalue weighted by atomic mass is 32.1. The third kappa shape index (κ3) is 3.45. The van der Waals surface area contributed by atoms with E-state index in [1.54, 1.807) is 23.3 Å². The van der Waals surface area contributed by atoms with E-state index in [4.69, 9.17) is 4.74 Å². The molecule has 2 aromatic carbocycles. The van der Waals surface area contributed by atoms with E-state index >= 15 is 0 Å². The molecule has 0 radical (unpaired) electrons. The van der Waals surface area contributed by atoms with Gasteiger partial charge in [0.1, 0.15) is 12.3 Å². The first-order valence-corrected chi connectivity index (χ1v) is 9.84. The van der Waals surface area contributed by atoms with Gasteiger partial charge in [-0.15, -0.1) is 11.3 Å². The monoisotopic (exact) mass is 367 g/mol. The van der Waals surface area contributed by atoms with Crippen molar-refractivity contribution in [2.45, 2.75) is 6.54 Å². The Morgan fingerprint density at radius 2 is 1.88 bits per heavy atom. The molecule has 0 unspecified atom stereocenters. The second-order valence-corrected chi connectivity index (χ2v) is 7.62.